The number of piperazine rings is 1. The van der Waals surface area contributed by atoms with Crippen LogP contribution in [0.3, 0.4) is 0 Å². The Hall–Kier alpha value is -1.06. The van der Waals surface area contributed by atoms with Crippen LogP contribution in [0.1, 0.15) is 46.0 Å². The number of hydrogen-bond donors (Lipinski definition) is 1. The molecule has 1 unspecified atom stereocenters. The van der Waals surface area contributed by atoms with Crippen LogP contribution in [0.2, 0.25) is 0 Å². The van der Waals surface area contributed by atoms with Crippen LogP contribution in [0.15, 0.2) is 0 Å². The summed E-state index contributed by atoms with van der Waals surface area (Å²) in [5.74, 6) is 0.130. The summed E-state index contributed by atoms with van der Waals surface area (Å²) in [6.07, 6.45) is 4.87. The lowest BCUT2D eigenvalue weighted by Gasteiger charge is -2.46. The molecule has 2 amide bonds. The van der Waals surface area contributed by atoms with Crippen LogP contribution in [-0.2, 0) is 9.59 Å². The van der Waals surface area contributed by atoms with Crippen molar-refractivity contribution < 1.29 is 9.59 Å². The molecule has 1 N–H and O–H groups in total. The molecule has 1 atom stereocenters. The van der Waals surface area contributed by atoms with Crippen molar-refractivity contribution >= 4 is 11.8 Å². The average Bonchev–Trinajstić information content (AvgIpc) is 2.29. The predicted molar refractivity (Wildman–Crippen MR) is 60.8 cm³/mol. The number of nitrogens with zero attached hydrogens (tertiary/aromatic N) is 1. The van der Waals surface area contributed by atoms with E-state index in [0.29, 0.717) is 6.54 Å². The molecule has 0 bridgehead atoms. The number of likely N-dealkylation sites (N-methyl/N-ethyl adjacent to an activating group) is 1. The van der Waals surface area contributed by atoms with E-state index in [0.717, 1.165) is 25.7 Å². The van der Waals surface area contributed by atoms with Crippen molar-refractivity contribution in [2.24, 2.45) is 0 Å². The molecule has 2 aliphatic rings. The van der Waals surface area contributed by atoms with Gasteiger partial charge in [0.15, 0.2) is 0 Å². The second-order valence-electron chi connectivity index (χ2n) is 4.90. The molecule has 4 heteroatoms. The van der Waals surface area contributed by atoms with Gasteiger partial charge in [0, 0.05) is 6.54 Å². The maximum Gasteiger partial charge on any atom is 0.248 e. The summed E-state index contributed by atoms with van der Waals surface area (Å²) in [5, 5.41) is 2.97. The Labute approximate surface area is 96.4 Å². The Kier molecular flexibility index (Phi) is 2.91. The van der Waals surface area contributed by atoms with Crippen molar-refractivity contribution in [1.82, 2.24) is 10.2 Å². The molecule has 1 saturated heterocycles. The summed E-state index contributed by atoms with van der Waals surface area (Å²) < 4.78 is 0. The molecular weight excluding hydrogens is 204 g/mol. The Bertz CT molecular complexity index is 308. The van der Waals surface area contributed by atoms with Gasteiger partial charge in [-0.1, -0.05) is 19.3 Å². The van der Waals surface area contributed by atoms with Crippen LogP contribution in [0.25, 0.3) is 0 Å². The zero-order valence-electron chi connectivity index (χ0n) is 10.1. The van der Waals surface area contributed by atoms with Gasteiger partial charge in [-0.25, -0.2) is 0 Å². The highest BCUT2D eigenvalue weighted by Gasteiger charge is 2.49. The molecular formula is C12H20N2O2. The molecule has 1 aliphatic carbocycles. The Morgan fingerprint density at radius 2 is 1.94 bits per heavy atom. The van der Waals surface area contributed by atoms with Crippen molar-refractivity contribution in [2.75, 3.05) is 6.54 Å². The molecule has 1 spiro atoms. The fourth-order valence-corrected chi connectivity index (χ4v) is 2.90. The molecule has 2 fully saturated rings. The lowest BCUT2D eigenvalue weighted by atomic mass is 9.78. The van der Waals surface area contributed by atoms with E-state index in [-0.39, 0.29) is 17.9 Å². The highest BCUT2D eigenvalue weighted by molar-refractivity contribution is 5.99. The Morgan fingerprint density at radius 3 is 2.50 bits per heavy atom. The van der Waals surface area contributed by atoms with E-state index in [1.165, 1.54) is 6.42 Å². The van der Waals surface area contributed by atoms with Crippen molar-refractivity contribution in [1.29, 1.82) is 0 Å². The van der Waals surface area contributed by atoms with Gasteiger partial charge in [0.2, 0.25) is 11.8 Å². The van der Waals surface area contributed by atoms with Crippen molar-refractivity contribution in [3.8, 4) is 0 Å². The maximum absolute atomic E-state index is 12.4. The summed E-state index contributed by atoms with van der Waals surface area (Å²) in [5.41, 5.74) is -0.572. The number of carbonyl (C=O) groups excluding carboxylic acids is 2. The first-order valence-corrected chi connectivity index (χ1v) is 6.24. The third-order valence-corrected chi connectivity index (χ3v) is 3.93. The largest absolute Gasteiger partial charge is 0.340 e. The van der Waals surface area contributed by atoms with Gasteiger partial charge in [-0.3, -0.25) is 9.59 Å². The van der Waals surface area contributed by atoms with Crippen LogP contribution < -0.4 is 5.32 Å². The van der Waals surface area contributed by atoms with Gasteiger partial charge in [0.1, 0.15) is 11.6 Å². The van der Waals surface area contributed by atoms with Crippen molar-refractivity contribution in [3.05, 3.63) is 0 Å². The van der Waals surface area contributed by atoms with Crippen LogP contribution >= 0.6 is 0 Å². The number of rotatable bonds is 1. The van der Waals surface area contributed by atoms with Crippen LogP contribution in [-0.4, -0.2) is 34.8 Å². The molecule has 2 rings (SSSR count). The minimum Gasteiger partial charge on any atom is -0.340 e. The minimum atomic E-state index is -0.572. The van der Waals surface area contributed by atoms with Gasteiger partial charge >= 0.3 is 0 Å². The first-order chi connectivity index (χ1) is 7.60. The predicted octanol–water partition coefficient (Wildman–Crippen LogP) is 1.06. The van der Waals surface area contributed by atoms with Gasteiger partial charge in [-0.05, 0) is 26.7 Å². The number of hydrogen-bond acceptors (Lipinski definition) is 2. The quantitative estimate of drug-likeness (QED) is 0.724. The highest BCUT2D eigenvalue weighted by Crippen LogP contribution is 2.33. The SMILES string of the molecule is CCN1C(=O)C2(CCCCC2)NC(=O)C1C. The van der Waals surface area contributed by atoms with E-state index in [4.69, 9.17) is 0 Å². The molecule has 0 aromatic carbocycles. The smallest absolute Gasteiger partial charge is 0.248 e. The molecule has 90 valence electrons. The van der Waals surface area contributed by atoms with Gasteiger partial charge in [0.05, 0.1) is 0 Å². The van der Waals surface area contributed by atoms with Crippen LogP contribution in [0.4, 0.5) is 0 Å². The molecule has 16 heavy (non-hydrogen) atoms. The fourth-order valence-electron chi connectivity index (χ4n) is 2.90. The normalized spacial score (nSPS) is 29.4. The van der Waals surface area contributed by atoms with E-state index in [1.54, 1.807) is 11.8 Å². The fraction of sp³-hybridized carbons (Fsp3) is 0.833. The zero-order valence-corrected chi connectivity index (χ0v) is 10.1. The second-order valence-corrected chi connectivity index (χ2v) is 4.90. The van der Waals surface area contributed by atoms with E-state index >= 15 is 0 Å². The van der Waals surface area contributed by atoms with Crippen molar-refractivity contribution in [2.45, 2.75) is 57.5 Å². The third-order valence-electron chi connectivity index (χ3n) is 3.93. The lowest BCUT2D eigenvalue weighted by Crippen LogP contribution is -2.70. The second kappa shape index (κ2) is 4.07. The summed E-state index contributed by atoms with van der Waals surface area (Å²) in [4.78, 5) is 26.0. The van der Waals surface area contributed by atoms with E-state index in [2.05, 4.69) is 5.32 Å². The first-order valence-electron chi connectivity index (χ1n) is 6.24. The summed E-state index contributed by atoms with van der Waals surface area (Å²) in [6.45, 7) is 4.35. The molecule has 4 nitrogen and oxygen atoms in total. The van der Waals surface area contributed by atoms with E-state index < -0.39 is 5.54 Å². The standard InChI is InChI=1S/C12H20N2O2/c1-3-14-9(2)10(15)13-12(11(14)16)7-5-4-6-8-12/h9H,3-8H2,1-2H3,(H,13,15). The van der Waals surface area contributed by atoms with Gasteiger partial charge < -0.3 is 10.2 Å². The molecule has 1 heterocycles. The molecule has 1 saturated carbocycles. The van der Waals surface area contributed by atoms with E-state index in [9.17, 15) is 9.59 Å². The number of carbonyl (C=O) groups is 2. The lowest BCUT2D eigenvalue weighted by molar-refractivity contribution is -0.155. The number of nitrogens with one attached hydrogen (secondary N) is 1. The van der Waals surface area contributed by atoms with Gasteiger partial charge in [0.25, 0.3) is 0 Å². The first kappa shape index (κ1) is 11.4. The van der Waals surface area contributed by atoms with Crippen LogP contribution in [0, 0.1) is 0 Å². The maximum atomic E-state index is 12.4. The monoisotopic (exact) mass is 224 g/mol. The van der Waals surface area contributed by atoms with E-state index in [1.807, 2.05) is 6.92 Å². The Morgan fingerprint density at radius 1 is 1.31 bits per heavy atom. The highest BCUT2D eigenvalue weighted by atomic mass is 16.2. The zero-order chi connectivity index (χ0) is 11.8. The van der Waals surface area contributed by atoms with Gasteiger partial charge in [-0.15, -0.1) is 0 Å². The number of amides is 2. The average molecular weight is 224 g/mol. The molecule has 0 aromatic rings. The Balaban J connectivity index is 2.26. The third kappa shape index (κ3) is 1.60. The molecule has 0 aromatic heterocycles. The summed E-state index contributed by atoms with van der Waals surface area (Å²) in [6, 6.07) is -0.315. The summed E-state index contributed by atoms with van der Waals surface area (Å²) in [7, 11) is 0. The van der Waals surface area contributed by atoms with Crippen LogP contribution in [0.5, 0.6) is 0 Å². The molecule has 1 aliphatic heterocycles. The molecule has 0 radical (unpaired) electrons. The van der Waals surface area contributed by atoms with Gasteiger partial charge in [-0.2, -0.15) is 0 Å². The topological polar surface area (TPSA) is 49.4 Å². The minimum absolute atomic E-state index is 0.00310. The van der Waals surface area contributed by atoms with Crippen molar-refractivity contribution in [3.63, 3.8) is 0 Å². The summed E-state index contributed by atoms with van der Waals surface area (Å²) >= 11 is 0.